The van der Waals surface area contributed by atoms with E-state index in [2.05, 4.69) is 35.5 Å². The van der Waals surface area contributed by atoms with E-state index in [-0.39, 0.29) is 17.1 Å². The van der Waals surface area contributed by atoms with Crippen LogP contribution >= 0.6 is 0 Å². The summed E-state index contributed by atoms with van der Waals surface area (Å²) in [5.41, 5.74) is 4.30. The highest BCUT2D eigenvalue weighted by Gasteiger charge is 2.21. The van der Waals surface area contributed by atoms with Crippen LogP contribution < -0.4 is 5.32 Å². The van der Waals surface area contributed by atoms with E-state index < -0.39 is 5.82 Å². The molecule has 8 nitrogen and oxygen atoms in total. The number of anilines is 1. The van der Waals surface area contributed by atoms with Crippen LogP contribution in [0.1, 0.15) is 13.3 Å². The van der Waals surface area contributed by atoms with E-state index in [0.29, 0.717) is 62.6 Å². The van der Waals surface area contributed by atoms with Gasteiger partial charge in [0.15, 0.2) is 5.82 Å². The van der Waals surface area contributed by atoms with Crippen LogP contribution in [0.25, 0.3) is 55.8 Å². The molecule has 4 heterocycles. The minimum absolute atomic E-state index is 0.163. The predicted molar refractivity (Wildman–Crippen MR) is 136 cm³/mol. The van der Waals surface area contributed by atoms with Crippen LogP contribution in [-0.2, 0) is 4.79 Å². The Morgan fingerprint density at radius 3 is 2.73 bits per heavy atom. The quantitative estimate of drug-likeness (QED) is 0.277. The molecule has 0 atom stereocenters. The minimum Gasteiger partial charge on any atom is -0.336 e. The molecule has 2 aromatic carbocycles. The van der Waals surface area contributed by atoms with Crippen molar-refractivity contribution in [2.75, 3.05) is 5.32 Å². The maximum Gasteiger partial charge on any atom is 0.224 e. The van der Waals surface area contributed by atoms with Gasteiger partial charge in [-0.15, -0.1) is 0 Å². The molecule has 3 N–H and O–H groups in total. The van der Waals surface area contributed by atoms with Gasteiger partial charge in [0.1, 0.15) is 22.8 Å². The molecule has 4 aromatic heterocycles. The molecule has 182 valence electrons. The molecular weight excluding hydrogens is 476 g/mol. The van der Waals surface area contributed by atoms with E-state index in [1.807, 2.05) is 0 Å². The van der Waals surface area contributed by atoms with E-state index in [0.717, 1.165) is 0 Å². The summed E-state index contributed by atoms with van der Waals surface area (Å²) in [7, 11) is 0. The van der Waals surface area contributed by atoms with Gasteiger partial charge in [-0.2, -0.15) is 5.10 Å². The van der Waals surface area contributed by atoms with Gasteiger partial charge in [0.05, 0.1) is 34.0 Å². The summed E-state index contributed by atoms with van der Waals surface area (Å²) in [5, 5.41) is 10.2. The van der Waals surface area contributed by atoms with Crippen molar-refractivity contribution in [2.24, 2.45) is 0 Å². The number of imidazole rings is 1. The fourth-order valence-electron chi connectivity index (χ4n) is 4.27. The zero-order chi connectivity index (χ0) is 25.5. The number of rotatable bonds is 5. The molecule has 0 radical (unpaired) electrons. The number of hydrogen-bond acceptors (Lipinski definition) is 5. The van der Waals surface area contributed by atoms with Crippen LogP contribution in [-0.4, -0.2) is 36.0 Å². The highest BCUT2D eigenvalue weighted by Crippen LogP contribution is 2.35. The lowest BCUT2D eigenvalue weighted by molar-refractivity contribution is -0.115. The summed E-state index contributed by atoms with van der Waals surface area (Å²) in [5.74, 6) is -0.715. The third kappa shape index (κ3) is 3.98. The molecule has 0 fully saturated rings. The van der Waals surface area contributed by atoms with Crippen molar-refractivity contribution >= 4 is 33.5 Å². The van der Waals surface area contributed by atoms with Crippen molar-refractivity contribution in [3.63, 3.8) is 0 Å². The smallest absolute Gasteiger partial charge is 0.224 e. The first-order chi connectivity index (χ1) is 18.0. The third-order valence-corrected chi connectivity index (χ3v) is 6.04. The highest BCUT2D eigenvalue weighted by molar-refractivity contribution is 5.98. The summed E-state index contributed by atoms with van der Waals surface area (Å²) >= 11 is 0. The van der Waals surface area contributed by atoms with Crippen LogP contribution in [0.5, 0.6) is 0 Å². The van der Waals surface area contributed by atoms with Crippen molar-refractivity contribution in [1.29, 1.82) is 0 Å². The number of halogens is 2. The standard InChI is InChI=1S/C27H19F2N7O/c1-2-21(37)32-17-11-15(12-30-13-17)18-6-7-19-22(23(18)29)26(36-35-19)27-33-20-8-9-31-24(25(20)34-27)14-4-3-5-16(28)10-14/h3-13H,2H2,1H3,(H,32,37)(H,33,34)(H,35,36). The Balaban J connectivity index is 1.47. The molecule has 0 saturated heterocycles. The zero-order valence-corrected chi connectivity index (χ0v) is 19.5. The number of aromatic nitrogens is 6. The molecule has 0 aliphatic rings. The van der Waals surface area contributed by atoms with E-state index in [4.69, 9.17) is 0 Å². The molecule has 10 heteroatoms. The lowest BCUT2D eigenvalue weighted by atomic mass is 10.0. The van der Waals surface area contributed by atoms with Gasteiger partial charge in [-0.05, 0) is 36.4 Å². The molecule has 0 unspecified atom stereocenters. The second-order valence-electron chi connectivity index (χ2n) is 8.44. The summed E-state index contributed by atoms with van der Waals surface area (Å²) in [4.78, 5) is 28.2. The molecule has 6 aromatic rings. The molecule has 1 amide bonds. The zero-order valence-electron chi connectivity index (χ0n) is 19.5. The van der Waals surface area contributed by atoms with Gasteiger partial charge in [-0.1, -0.05) is 19.1 Å². The maximum atomic E-state index is 16.0. The fourth-order valence-corrected chi connectivity index (χ4v) is 4.27. The summed E-state index contributed by atoms with van der Waals surface area (Å²) in [6.07, 6.45) is 4.96. The predicted octanol–water partition coefficient (Wildman–Crippen LogP) is 5.86. The molecule has 6 rings (SSSR count). The molecule has 0 spiro atoms. The van der Waals surface area contributed by atoms with Crippen LogP contribution in [0.15, 0.2) is 67.1 Å². The molecule has 0 saturated carbocycles. The Labute approximate surface area is 208 Å². The molecule has 37 heavy (non-hydrogen) atoms. The Morgan fingerprint density at radius 2 is 1.89 bits per heavy atom. The molecule has 0 bridgehead atoms. The minimum atomic E-state index is -0.508. The van der Waals surface area contributed by atoms with E-state index >= 15 is 4.39 Å². The number of amides is 1. The average molecular weight is 495 g/mol. The number of fused-ring (bicyclic) bond motifs is 2. The number of H-pyrrole nitrogens is 2. The Morgan fingerprint density at radius 1 is 1.00 bits per heavy atom. The fraction of sp³-hybridized carbons (Fsp3) is 0.0741. The first kappa shape index (κ1) is 22.5. The van der Waals surface area contributed by atoms with Gasteiger partial charge in [0, 0.05) is 35.5 Å². The van der Waals surface area contributed by atoms with Gasteiger partial charge in [-0.25, -0.2) is 13.8 Å². The van der Waals surface area contributed by atoms with Gasteiger partial charge in [0.25, 0.3) is 0 Å². The largest absolute Gasteiger partial charge is 0.336 e. The number of benzene rings is 2. The number of carbonyl (C=O) groups excluding carboxylic acids is 1. The van der Waals surface area contributed by atoms with Gasteiger partial charge in [-0.3, -0.25) is 19.9 Å². The monoisotopic (exact) mass is 495 g/mol. The van der Waals surface area contributed by atoms with Gasteiger partial charge < -0.3 is 10.3 Å². The lowest BCUT2D eigenvalue weighted by Crippen LogP contribution is -2.09. The van der Waals surface area contributed by atoms with Crippen molar-refractivity contribution in [3.8, 4) is 33.9 Å². The van der Waals surface area contributed by atoms with Crippen LogP contribution in [0.2, 0.25) is 0 Å². The van der Waals surface area contributed by atoms with Crippen LogP contribution in [0.4, 0.5) is 14.5 Å². The number of aromatic amines is 2. The summed E-state index contributed by atoms with van der Waals surface area (Å²) < 4.78 is 29.8. The normalized spacial score (nSPS) is 11.3. The van der Waals surface area contributed by atoms with Gasteiger partial charge in [0.2, 0.25) is 5.91 Å². The highest BCUT2D eigenvalue weighted by atomic mass is 19.1. The van der Waals surface area contributed by atoms with Crippen molar-refractivity contribution in [2.45, 2.75) is 13.3 Å². The Hall–Kier alpha value is -4.99. The summed E-state index contributed by atoms with van der Waals surface area (Å²) in [6.45, 7) is 1.75. The van der Waals surface area contributed by atoms with Crippen molar-refractivity contribution < 1.29 is 13.6 Å². The Bertz CT molecular complexity index is 1810. The van der Waals surface area contributed by atoms with E-state index in [1.54, 1.807) is 49.5 Å². The van der Waals surface area contributed by atoms with Crippen LogP contribution in [0, 0.1) is 11.6 Å². The van der Waals surface area contributed by atoms with E-state index in [9.17, 15) is 9.18 Å². The first-order valence-electron chi connectivity index (χ1n) is 11.5. The number of nitrogens with one attached hydrogen (secondary N) is 3. The first-order valence-corrected chi connectivity index (χ1v) is 11.5. The van der Waals surface area contributed by atoms with Crippen LogP contribution in [0.3, 0.4) is 0 Å². The molecule has 0 aliphatic carbocycles. The third-order valence-electron chi connectivity index (χ3n) is 6.04. The second-order valence-corrected chi connectivity index (χ2v) is 8.44. The number of carbonyl (C=O) groups is 1. The number of hydrogen-bond donors (Lipinski definition) is 3. The second kappa shape index (κ2) is 8.90. The SMILES string of the molecule is CCC(=O)Nc1cncc(-c2ccc3[nH]nc(-c4nc5c(-c6cccc(F)c6)nccc5[nH]4)c3c2F)c1. The average Bonchev–Trinajstić information content (AvgIpc) is 3.53. The lowest BCUT2D eigenvalue weighted by Gasteiger charge is -2.08. The number of pyridine rings is 2. The van der Waals surface area contributed by atoms with Crippen molar-refractivity contribution in [3.05, 3.63) is 78.8 Å². The van der Waals surface area contributed by atoms with Crippen molar-refractivity contribution in [1.82, 2.24) is 30.1 Å². The Kier molecular flexibility index (Phi) is 5.41. The molecule has 0 aliphatic heterocycles. The topological polar surface area (TPSA) is 112 Å². The maximum absolute atomic E-state index is 16.0. The summed E-state index contributed by atoms with van der Waals surface area (Å²) in [6, 6.07) is 12.9. The molecular formula is C27H19F2N7O. The number of nitrogens with zero attached hydrogens (tertiary/aromatic N) is 4. The van der Waals surface area contributed by atoms with Gasteiger partial charge >= 0.3 is 0 Å². The van der Waals surface area contributed by atoms with E-state index in [1.165, 1.54) is 24.5 Å².